The molecule has 1 saturated carbocycles. The van der Waals surface area contributed by atoms with Crippen molar-refractivity contribution in [1.29, 1.82) is 0 Å². The van der Waals surface area contributed by atoms with Gasteiger partial charge < -0.3 is 5.32 Å². The lowest BCUT2D eigenvalue weighted by Gasteiger charge is -2.17. The normalized spacial score (nSPS) is 28.2. The second-order valence-corrected chi connectivity index (χ2v) is 5.72. The Morgan fingerprint density at radius 1 is 1.53 bits per heavy atom. The number of aryl methyl sites for hydroxylation is 1. The molecule has 1 aromatic rings. The van der Waals surface area contributed by atoms with E-state index >= 15 is 0 Å². The van der Waals surface area contributed by atoms with E-state index in [1.165, 1.54) is 24.3 Å². The second-order valence-electron chi connectivity index (χ2n) is 4.83. The molecule has 2 nitrogen and oxygen atoms in total. The number of thiazole rings is 1. The molecule has 2 rings (SSSR count). The Morgan fingerprint density at radius 2 is 2.33 bits per heavy atom. The third-order valence-electron chi connectivity index (χ3n) is 3.19. The van der Waals surface area contributed by atoms with Gasteiger partial charge in [-0.2, -0.15) is 0 Å². The lowest BCUT2D eigenvalue weighted by atomic mass is 10.1. The molecule has 15 heavy (non-hydrogen) atoms. The van der Waals surface area contributed by atoms with E-state index in [4.69, 9.17) is 0 Å². The van der Waals surface area contributed by atoms with Crippen LogP contribution in [0.3, 0.4) is 0 Å². The van der Waals surface area contributed by atoms with Gasteiger partial charge in [-0.15, -0.1) is 11.3 Å². The monoisotopic (exact) mass is 224 g/mol. The number of hydrogen-bond acceptors (Lipinski definition) is 3. The van der Waals surface area contributed by atoms with Crippen LogP contribution in [0.4, 0.5) is 0 Å². The summed E-state index contributed by atoms with van der Waals surface area (Å²) in [4.78, 5) is 4.53. The van der Waals surface area contributed by atoms with Gasteiger partial charge in [0.05, 0.1) is 6.04 Å². The molecule has 1 fully saturated rings. The van der Waals surface area contributed by atoms with Crippen molar-refractivity contribution in [2.75, 3.05) is 0 Å². The van der Waals surface area contributed by atoms with Gasteiger partial charge in [0.1, 0.15) is 5.01 Å². The minimum absolute atomic E-state index is 0.416. The van der Waals surface area contributed by atoms with E-state index in [2.05, 4.69) is 36.5 Å². The van der Waals surface area contributed by atoms with Crippen LogP contribution in [0, 0.1) is 12.8 Å². The van der Waals surface area contributed by atoms with Gasteiger partial charge in [-0.3, -0.25) is 0 Å². The molecule has 1 heterocycles. The Balaban J connectivity index is 1.89. The summed E-state index contributed by atoms with van der Waals surface area (Å²) in [5.74, 6) is 0.896. The Labute approximate surface area is 96.1 Å². The Hall–Kier alpha value is -0.410. The third kappa shape index (κ3) is 2.79. The maximum Gasteiger partial charge on any atom is 0.110 e. The molecule has 0 bridgehead atoms. The summed E-state index contributed by atoms with van der Waals surface area (Å²) in [6, 6.07) is 1.12. The van der Waals surface area contributed by atoms with Gasteiger partial charge in [0, 0.05) is 17.1 Å². The predicted octanol–water partition coefficient (Wildman–Crippen LogP) is 3.29. The van der Waals surface area contributed by atoms with E-state index in [0.717, 1.165) is 11.6 Å². The molecule has 1 aliphatic carbocycles. The van der Waals surface area contributed by atoms with Gasteiger partial charge in [0.25, 0.3) is 0 Å². The van der Waals surface area contributed by atoms with Crippen LogP contribution in [0.5, 0.6) is 0 Å². The van der Waals surface area contributed by atoms with Crippen molar-refractivity contribution >= 4 is 11.3 Å². The van der Waals surface area contributed by atoms with E-state index in [1.54, 1.807) is 11.3 Å². The zero-order chi connectivity index (χ0) is 10.8. The number of rotatable bonds is 3. The van der Waals surface area contributed by atoms with Gasteiger partial charge >= 0.3 is 0 Å². The van der Waals surface area contributed by atoms with Crippen LogP contribution in [0.25, 0.3) is 0 Å². The minimum atomic E-state index is 0.416. The van der Waals surface area contributed by atoms with Crippen molar-refractivity contribution in [3.63, 3.8) is 0 Å². The molecule has 1 aromatic heterocycles. The Morgan fingerprint density at radius 3 is 2.87 bits per heavy atom. The molecule has 0 spiro atoms. The summed E-state index contributed by atoms with van der Waals surface area (Å²) < 4.78 is 0. The number of nitrogens with zero attached hydrogens (tertiary/aromatic N) is 1. The predicted molar refractivity (Wildman–Crippen MR) is 65.2 cm³/mol. The van der Waals surface area contributed by atoms with E-state index in [9.17, 15) is 0 Å². The molecule has 84 valence electrons. The van der Waals surface area contributed by atoms with Crippen molar-refractivity contribution in [3.8, 4) is 0 Å². The van der Waals surface area contributed by atoms with Crippen molar-refractivity contribution < 1.29 is 0 Å². The van der Waals surface area contributed by atoms with E-state index in [1.807, 2.05) is 0 Å². The number of hydrogen-bond donors (Lipinski definition) is 1. The lowest BCUT2D eigenvalue weighted by molar-refractivity contribution is 0.448. The van der Waals surface area contributed by atoms with Gasteiger partial charge in [0.15, 0.2) is 0 Å². The van der Waals surface area contributed by atoms with Crippen molar-refractivity contribution in [2.24, 2.45) is 5.92 Å². The molecular formula is C12H20N2S. The molecule has 0 radical (unpaired) electrons. The first-order valence-electron chi connectivity index (χ1n) is 5.83. The second kappa shape index (κ2) is 4.62. The highest BCUT2D eigenvalue weighted by molar-refractivity contribution is 7.09. The van der Waals surface area contributed by atoms with Gasteiger partial charge in [-0.1, -0.05) is 6.92 Å². The maximum absolute atomic E-state index is 4.53. The first-order chi connectivity index (χ1) is 7.15. The molecule has 3 unspecified atom stereocenters. The molecule has 3 atom stereocenters. The summed E-state index contributed by atoms with van der Waals surface area (Å²) in [6.45, 7) is 6.63. The van der Waals surface area contributed by atoms with Crippen LogP contribution in [-0.2, 0) is 0 Å². The van der Waals surface area contributed by atoms with Crippen LogP contribution in [0.1, 0.15) is 49.9 Å². The van der Waals surface area contributed by atoms with Crippen molar-refractivity contribution in [3.05, 3.63) is 16.1 Å². The fourth-order valence-electron chi connectivity index (χ4n) is 2.35. The highest BCUT2D eigenvalue weighted by Crippen LogP contribution is 2.27. The van der Waals surface area contributed by atoms with Crippen molar-refractivity contribution in [2.45, 2.75) is 52.1 Å². The van der Waals surface area contributed by atoms with Crippen LogP contribution in [0.15, 0.2) is 5.38 Å². The highest BCUT2D eigenvalue weighted by Gasteiger charge is 2.23. The average molecular weight is 224 g/mol. The van der Waals surface area contributed by atoms with E-state index in [-0.39, 0.29) is 0 Å². The molecule has 0 saturated heterocycles. The fraction of sp³-hybridized carbons (Fsp3) is 0.750. The number of aromatic nitrogens is 1. The lowest BCUT2D eigenvalue weighted by Crippen LogP contribution is -2.29. The third-order valence-corrected chi connectivity index (χ3v) is 4.33. The molecule has 0 aliphatic heterocycles. The highest BCUT2D eigenvalue weighted by atomic mass is 32.1. The van der Waals surface area contributed by atoms with Gasteiger partial charge in [-0.25, -0.2) is 4.98 Å². The summed E-state index contributed by atoms with van der Waals surface area (Å²) in [7, 11) is 0. The molecular weight excluding hydrogens is 204 g/mol. The Bertz CT molecular complexity index is 321. The smallest absolute Gasteiger partial charge is 0.110 e. The SMILES string of the molecule is Cc1csc(C(C)NC2CCC(C)C2)n1. The minimum Gasteiger partial charge on any atom is -0.305 e. The van der Waals surface area contributed by atoms with Crippen LogP contribution < -0.4 is 5.32 Å². The van der Waals surface area contributed by atoms with Crippen LogP contribution in [-0.4, -0.2) is 11.0 Å². The summed E-state index contributed by atoms with van der Waals surface area (Å²) in [5, 5.41) is 7.05. The van der Waals surface area contributed by atoms with Crippen LogP contribution in [0.2, 0.25) is 0 Å². The summed E-state index contributed by atoms with van der Waals surface area (Å²) in [6.07, 6.45) is 4.03. The maximum atomic E-state index is 4.53. The molecule has 0 aromatic carbocycles. The van der Waals surface area contributed by atoms with E-state index in [0.29, 0.717) is 12.1 Å². The largest absolute Gasteiger partial charge is 0.305 e. The van der Waals surface area contributed by atoms with Crippen LogP contribution >= 0.6 is 11.3 Å². The first-order valence-corrected chi connectivity index (χ1v) is 6.71. The quantitative estimate of drug-likeness (QED) is 0.852. The molecule has 1 aliphatic rings. The average Bonchev–Trinajstić information content (AvgIpc) is 2.75. The first kappa shape index (κ1) is 11.1. The molecule has 1 N–H and O–H groups in total. The summed E-state index contributed by atoms with van der Waals surface area (Å²) in [5.41, 5.74) is 1.14. The topological polar surface area (TPSA) is 24.9 Å². The zero-order valence-corrected chi connectivity index (χ0v) is 10.6. The zero-order valence-electron chi connectivity index (χ0n) is 9.79. The fourth-order valence-corrected chi connectivity index (χ4v) is 3.17. The van der Waals surface area contributed by atoms with Gasteiger partial charge in [-0.05, 0) is 39.0 Å². The summed E-state index contributed by atoms with van der Waals surface area (Å²) >= 11 is 1.77. The Kier molecular flexibility index (Phi) is 3.42. The van der Waals surface area contributed by atoms with Gasteiger partial charge in [0.2, 0.25) is 0 Å². The standard InChI is InChI=1S/C12H20N2S/c1-8-4-5-11(6-8)14-10(3)12-13-9(2)7-15-12/h7-8,10-11,14H,4-6H2,1-3H3. The van der Waals surface area contributed by atoms with E-state index < -0.39 is 0 Å². The number of nitrogens with one attached hydrogen (secondary N) is 1. The molecule has 0 amide bonds. The molecule has 3 heteroatoms. The van der Waals surface area contributed by atoms with Crippen molar-refractivity contribution in [1.82, 2.24) is 10.3 Å².